The largest absolute Gasteiger partial charge is 0.310 e. The summed E-state index contributed by atoms with van der Waals surface area (Å²) < 4.78 is 0. The van der Waals surface area contributed by atoms with E-state index < -0.39 is 0 Å². The monoisotopic (exact) mass is 577 g/mol. The Hall–Kier alpha value is -5.40. The SMILES string of the molecule is Cc1cccc2c1-c1ccc(N(c3ccc(-c4ccccc4)cc3)c3ccc4ccccc4c3-c3ccccc3)cc1C2(C)C. The third-order valence-corrected chi connectivity index (χ3v) is 9.59. The maximum absolute atomic E-state index is 2.45. The summed E-state index contributed by atoms with van der Waals surface area (Å²) in [4.78, 5) is 2.45. The van der Waals surface area contributed by atoms with Gasteiger partial charge in [-0.2, -0.15) is 0 Å². The molecule has 0 atom stereocenters. The smallest absolute Gasteiger partial charge is 0.0546 e. The lowest BCUT2D eigenvalue weighted by Gasteiger charge is -2.30. The van der Waals surface area contributed by atoms with Gasteiger partial charge in [-0.25, -0.2) is 0 Å². The lowest BCUT2D eigenvalue weighted by atomic mass is 9.82. The molecule has 1 heteroatoms. The standard InChI is InChI=1S/C44H35N/c1-30-13-12-20-39-42(30)38-27-26-36(29-40(38)44(39,2)3)45(35-24-21-32(22-25-35)31-14-6-4-7-15-31)41-28-23-33-16-10-11-19-37(33)43(41)34-17-8-5-9-18-34/h4-29H,1-3H3. The Bertz CT molecular complexity index is 2170. The van der Waals surface area contributed by atoms with Crippen LogP contribution in [0.15, 0.2) is 158 Å². The Morgan fingerprint density at radius 3 is 1.87 bits per heavy atom. The van der Waals surface area contributed by atoms with E-state index in [-0.39, 0.29) is 5.41 Å². The molecule has 8 rings (SSSR count). The van der Waals surface area contributed by atoms with Crippen molar-refractivity contribution in [3.8, 4) is 33.4 Å². The van der Waals surface area contributed by atoms with Crippen LogP contribution < -0.4 is 4.90 Å². The maximum atomic E-state index is 2.45. The van der Waals surface area contributed by atoms with Gasteiger partial charge in [-0.3, -0.25) is 0 Å². The first-order valence-electron chi connectivity index (χ1n) is 15.8. The molecular weight excluding hydrogens is 542 g/mol. The van der Waals surface area contributed by atoms with Crippen molar-refractivity contribution in [2.45, 2.75) is 26.2 Å². The Morgan fingerprint density at radius 2 is 1.11 bits per heavy atom. The molecule has 45 heavy (non-hydrogen) atoms. The predicted octanol–water partition coefficient (Wildman–Crippen LogP) is 12.3. The van der Waals surface area contributed by atoms with Gasteiger partial charge in [-0.1, -0.05) is 141 Å². The molecule has 0 heterocycles. The van der Waals surface area contributed by atoms with Gasteiger partial charge in [0.1, 0.15) is 0 Å². The second-order valence-corrected chi connectivity index (χ2v) is 12.6. The first kappa shape index (κ1) is 27.2. The highest BCUT2D eigenvalue weighted by Crippen LogP contribution is 2.52. The number of hydrogen-bond acceptors (Lipinski definition) is 1. The molecule has 0 bridgehead atoms. The summed E-state index contributed by atoms with van der Waals surface area (Å²) in [6, 6.07) is 57.6. The van der Waals surface area contributed by atoms with E-state index in [2.05, 4.69) is 183 Å². The quantitative estimate of drug-likeness (QED) is 0.197. The molecule has 0 unspecified atom stereocenters. The molecule has 0 N–H and O–H groups in total. The summed E-state index contributed by atoms with van der Waals surface area (Å²) in [6.07, 6.45) is 0. The molecule has 0 amide bonds. The molecule has 1 aliphatic rings. The van der Waals surface area contributed by atoms with Crippen molar-refractivity contribution >= 4 is 27.8 Å². The molecule has 0 aliphatic heterocycles. The average molecular weight is 578 g/mol. The van der Waals surface area contributed by atoms with Gasteiger partial charge in [0.05, 0.1) is 5.69 Å². The number of aryl methyl sites for hydroxylation is 1. The van der Waals surface area contributed by atoms with Gasteiger partial charge < -0.3 is 4.90 Å². The zero-order valence-electron chi connectivity index (χ0n) is 26.0. The number of anilines is 3. The van der Waals surface area contributed by atoms with Gasteiger partial charge in [0.2, 0.25) is 0 Å². The van der Waals surface area contributed by atoms with Crippen molar-refractivity contribution in [1.29, 1.82) is 0 Å². The summed E-state index contributed by atoms with van der Waals surface area (Å²) in [5.41, 5.74) is 15.1. The van der Waals surface area contributed by atoms with E-state index in [0.29, 0.717) is 0 Å². The lowest BCUT2D eigenvalue weighted by molar-refractivity contribution is 0.660. The fourth-order valence-corrected chi connectivity index (χ4v) is 7.31. The molecule has 7 aromatic carbocycles. The van der Waals surface area contributed by atoms with Crippen LogP contribution in [0.5, 0.6) is 0 Å². The number of rotatable bonds is 5. The Balaban J connectivity index is 1.38. The average Bonchev–Trinajstić information content (AvgIpc) is 3.32. The van der Waals surface area contributed by atoms with Crippen molar-refractivity contribution in [3.63, 3.8) is 0 Å². The van der Waals surface area contributed by atoms with E-state index >= 15 is 0 Å². The molecule has 1 aliphatic carbocycles. The number of nitrogens with zero attached hydrogens (tertiary/aromatic N) is 1. The topological polar surface area (TPSA) is 3.24 Å². The normalized spacial score (nSPS) is 13.0. The first-order chi connectivity index (χ1) is 22.0. The van der Waals surface area contributed by atoms with E-state index in [1.807, 2.05) is 0 Å². The second-order valence-electron chi connectivity index (χ2n) is 12.6. The third kappa shape index (κ3) is 4.47. The van der Waals surface area contributed by atoms with Crippen LogP contribution in [0.25, 0.3) is 44.2 Å². The van der Waals surface area contributed by atoms with Crippen molar-refractivity contribution in [2.75, 3.05) is 4.90 Å². The molecule has 0 saturated carbocycles. The van der Waals surface area contributed by atoms with Crippen LogP contribution in [0.2, 0.25) is 0 Å². The minimum absolute atomic E-state index is 0.0961. The predicted molar refractivity (Wildman–Crippen MR) is 192 cm³/mol. The van der Waals surface area contributed by atoms with Gasteiger partial charge in [-0.05, 0) is 92.5 Å². The second kappa shape index (κ2) is 10.6. The summed E-state index contributed by atoms with van der Waals surface area (Å²) in [7, 11) is 0. The minimum Gasteiger partial charge on any atom is -0.310 e. The van der Waals surface area contributed by atoms with Gasteiger partial charge in [0.15, 0.2) is 0 Å². The number of benzene rings is 7. The van der Waals surface area contributed by atoms with Crippen molar-refractivity contribution in [2.24, 2.45) is 0 Å². The number of fused-ring (bicyclic) bond motifs is 4. The highest BCUT2D eigenvalue weighted by Gasteiger charge is 2.36. The van der Waals surface area contributed by atoms with Gasteiger partial charge in [0, 0.05) is 22.4 Å². The van der Waals surface area contributed by atoms with E-state index in [1.165, 1.54) is 60.8 Å². The van der Waals surface area contributed by atoms with Crippen LogP contribution in [0, 0.1) is 6.92 Å². The van der Waals surface area contributed by atoms with Crippen LogP contribution in [0.3, 0.4) is 0 Å². The Kier molecular flexibility index (Phi) is 6.43. The molecular formula is C44H35N. The van der Waals surface area contributed by atoms with Gasteiger partial charge >= 0.3 is 0 Å². The van der Waals surface area contributed by atoms with E-state index in [4.69, 9.17) is 0 Å². The van der Waals surface area contributed by atoms with Crippen LogP contribution in [0.4, 0.5) is 17.1 Å². The maximum Gasteiger partial charge on any atom is 0.0546 e. The Labute approximate surface area is 266 Å². The van der Waals surface area contributed by atoms with E-state index in [0.717, 1.165) is 17.1 Å². The first-order valence-corrected chi connectivity index (χ1v) is 15.8. The summed E-state index contributed by atoms with van der Waals surface area (Å²) in [5.74, 6) is 0. The molecule has 0 radical (unpaired) electrons. The van der Waals surface area contributed by atoms with Gasteiger partial charge in [-0.15, -0.1) is 0 Å². The summed E-state index contributed by atoms with van der Waals surface area (Å²) in [5, 5.41) is 2.48. The molecule has 7 aromatic rings. The van der Waals surface area contributed by atoms with Crippen LogP contribution in [-0.2, 0) is 5.41 Å². The molecule has 0 aromatic heterocycles. The highest BCUT2D eigenvalue weighted by atomic mass is 15.1. The molecule has 0 fully saturated rings. The highest BCUT2D eigenvalue weighted by molar-refractivity contribution is 6.05. The zero-order chi connectivity index (χ0) is 30.5. The lowest BCUT2D eigenvalue weighted by Crippen LogP contribution is -2.17. The molecule has 0 spiro atoms. The van der Waals surface area contributed by atoms with E-state index in [9.17, 15) is 0 Å². The summed E-state index contributed by atoms with van der Waals surface area (Å²) >= 11 is 0. The fourth-order valence-electron chi connectivity index (χ4n) is 7.31. The van der Waals surface area contributed by atoms with Crippen molar-refractivity contribution in [1.82, 2.24) is 0 Å². The third-order valence-electron chi connectivity index (χ3n) is 9.59. The Morgan fingerprint density at radius 1 is 0.467 bits per heavy atom. The van der Waals surface area contributed by atoms with Crippen molar-refractivity contribution < 1.29 is 0 Å². The summed E-state index contributed by atoms with van der Waals surface area (Å²) in [6.45, 7) is 6.97. The van der Waals surface area contributed by atoms with Crippen molar-refractivity contribution in [3.05, 3.63) is 174 Å². The van der Waals surface area contributed by atoms with E-state index in [1.54, 1.807) is 0 Å². The molecule has 1 nitrogen and oxygen atoms in total. The molecule has 0 saturated heterocycles. The van der Waals surface area contributed by atoms with Crippen LogP contribution in [0.1, 0.15) is 30.5 Å². The minimum atomic E-state index is -0.0961. The molecule has 216 valence electrons. The fraction of sp³-hybridized carbons (Fsp3) is 0.0909. The van der Waals surface area contributed by atoms with Gasteiger partial charge in [0.25, 0.3) is 0 Å². The van der Waals surface area contributed by atoms with Crippen LogP contribution >= 0.6 is 0 Å². The number of hydrogen-bond donors (Lipinski definition) is 0. The van der Waals surface area contributed by atoms with Crippen LogP contribution in [-0.4, -0.2) is 0 Å². The zero-order valence-corrected chi connectivity index (χ0v) is 26.0.